The molecule has 1 aromatic heterocycles. The average molecular weight is 582 g/mol. The van der Waals surface area contributed by atoms with Crippen LogP contribution in [0.15, 0.2) is 59.6 Å². The Morgan fingerprint density at radius 1 is 1.07 bits per heavy atom. The summed E-state index contributed by atoms with van der Waals surface area (Å²) in [6.07, 6.45) is 4.35. The van der Waals surface area contributed by atoms with Crippen LogP contribution in [-0.2, 0) is 45.7 Å². The van der Waals surface area contributed by atoms with Gasteiger partial charge in [0.15, 0.2) is 0 Å². The Hall–Kier alpha value is -3.70. The van der Waals surface area contributed by atoms with Crippen molar-refractivity contribution in [2.24, 2.45) is 0 Å². The van der Waals surface area contributed by atoms with Crippen molar-refractivity contribution in [3.63, 3.8) is 0 Å². The van der Waals surface area contributed by atoms with Crippen LogP contribution in [0.4, 0.5) is 0 Å². The molecule has 0 unspecified atom stereocenters. The Morgan fingerprint density at radius 2 is 1.88 bits per heavy atom. The third-order valence-corrected chi connectivity index (χ3v) is 8.55. The third kappa shape index (κ3) is 8.64. The SMILES string of the molecule is CCn1ncc(S(=O)(=O)NC(=O)CCc2ccc3c(c2)CN(Cc2ccccc2)CC(=O)NCCCCCO3)c1C. The summed E-state index contributed by atoms with van der Waals surface area (Å²) in [4.78, 5) is 27.5. The number of nitrogens with one attached hydrogen (secondary N) is 2. The maximum Gasteiger partial charge on any atom is 0.267 e. The zero-order valence-corrected chi connectivity index (χ0v) is 24.6. The molecule has 0 atom stereocenters. The molecule has 10 nitrogen and oxygen atoms in total. The summed E-state index contributed by atoms with van der Waals surface area (Å²) < 4.78 is 35.4. The van der Waals surface area contributed by atoms with Gasteiger partial charge in [-0.25, -0.2) is 13.1 Å². The lowest BCUT2D eigenvalue weighted by Crippen LogP contribution is -2.37. The van der Waals surface area contributed by atoms with Gasteiger partial charge in [-0.15, -0.1) is 0 Å². The van der Waals surface area contributed by atoms with E-state index in [0.29, 0.717) is 44.9 Å². The van der Waals surface area contributed by atoms with Gasteiger partial charge in [0, 0.05) is 38.2 Å². The molecule has 0 fully saturated rings. The van der Waals surface area contributed by atoms with Crippen molar-refractivity contribution in [2.75, 3.05) is 19.7 Å². The molecule has 2 N–H and O–H groups in total. The Labute approximate surface area is 242 Å². The minimum atomic E-state index is -4.01. The normalized spacial score (nSPS) is 15.4. The molecule has 0 radical (unpaired) electrons. The fourth-order valence-electron chi connectivity index (χ4n) is 4.90. The number of benzene rings is 2. The number of hydrogen-bond acceptors (Lipinski definition) is 7. The van der Waals surface area contributed by atoms with Gasteiger partial charge >= 0.3 is 0 Å². The molecule has 2 amide bonds. The van der Waals surface area contributed by atoms with Gasteiger partial charge in [0.1, 0.15) is 10.6 Å². The molecule has 3 aromatic rings. The molecule has 220 valence electrons. The van der Waals surface area contributed by atoms with Crippen LogP contribution in [0.1, 0.15) is 55.0 Å². The number of rotatable bonds is 8. The highest BCUT2D eigenvalue weighted by Crippen LogP contribution is 2.25. The lowest BCUT2D eigenvalue weighted by atomic mass is 10.0. The number of aryl methyl sites for hydroxylation is 2. The fourth-order valence-corrected chi connectivity index (χ4v) is 6.09. The highest BCUT2D eigenvalue weighted by Gasteiger charge is 2.23. The second kappa shape index (κ2) is 14.3. The van der Waals surface area contributed by atoms with Gasteiger partial charge in [0.25, 0.3) is 10.0 Å². The number of aromatic nitrogens is 2. The molecule has 0 saturated carbocycles. The molecule has 1 aliphatic rings. The first kappa shape index (κ1) is 30.3. The molecule has 0 spiro atoms. The molecule has 0 aliphatic carbocycles. The van der Waals surface area contributed by atoms with Crippen LogP contribution in [0.25, 0.3) is 0 Å². The van der Waals surface area contributed by atoms with Crippen LogP contribution in [0.3, 0.4) is 0 Å². The van der Waals surface area contributed by atoms with Crippen LogP contribution < -0.4 is 14.8 Å². The number of amides is 2. The zero-order valence-electron chi connectivity index (χ0n) is 23.8. The summed E-state index contributed by atoms with van der Waals surface area (Å²) in [5, 5.41) is 7.09. The van der Waals surface area contributed by atoms with Crippen molar-refractivity contribution in [3.8, 4) is 5.75 Å². The number of hydrogen-bond donors (Lipinski definition) is 2. The van der Waals surface area contributed by atoms with Gasteiger partial charge in [-0.05, 0) is 56.7 Å². The maximum atomic E-state index is 12.8. The topological polar surface area (TPSA) is 123 Å². The van der Waals surface area contributed by atoms with Crippen LogP contribution >= 0.6 is 0 Å². The summed E-state index contributed by atoms with van der Waals surface area (Å²) in [6.45, 7) is 6.60. The number of carbonyl (C=O) groups excluding carboxylic acids is 2. The van der Waals surface area contributed by atoms with E-state index in [0.717, 1.165) is 41.7 Å². The smallest absolute Gasteiger partial charge is 0.267 e. The fraction of sp³-hybridized carbons (Fsp3) is 0.433. The van der Waals surface area contributed by atoms with E-state index in [1.807, 2.05) is 55.5 Å². The monoisotopic (exact) mass is 581 g/mol. The summed E-state index contributed by atoms with van der Waals surface area (Å²) >= 11 is 0. The number of nitrogens with zero attached hydrogens (tertiary/aromatic N) is 3. The minimum Gasteiger partial charge on any atom is -0.493 e. The number of carbonyl (C=O) groups is 2. The van der Waals surface area contributed by atoms with Crippen molar-refractivity contribution in [2.45, 2.75) is 70.5 Å². The number of ether oxygens (including phenoxy) is 1. The molecular weight excluding hydrogens is 542 g/mol. The van der Waals surface area contributed by atoms with E-state index in [1.54, 1.807) is 11.6 Å². The first-order valence-corrected chi connectivity index (χ1v) is 15.6. The Kier molecular flexibility index (Phi) is 10.5. The van der Waals surface area contributed by atoms with E-state index < -0.39 is 15.9 Å². The van der Waals surface area contributed by atoms with Crippen LogP contribution in [0, 0.1) is 6.92 Å². The zero-order chi connectivity index (χ0) is 29.2. The van der Waals surface area contributed by atoms with E-state index in [-0.39, 0.29) is 23.8 Å². The molecule has 0 bridgehead atoms. The molecule has 0 saturated heterocycles. The number of sulfonamides is 1. The van der Waals surface area contributed by atoms with E-state index >= 15 is 0 Å². The highest BCUT2D eigenvalue weighted by molar-refractivity contribution is 7.90. The van der Waals surface area contributed by atoms with E-state index in [2.05, 4.69) is 20.0 Å². The quantitative estimate of drug-likeness (QED) is 0.418. The first-order chi connectivity index (χ1) is 19.7. The Bertz CT molecular complexity index is 1440. The summed E-state index contributed by atoms with van der Waals surface area (Å²) in [5.74, 6) is 0.148. The Morgan fingerprint density at radius 3 is 2.63 bits per heavy atom. The predicted octanol–water partition coefficient (Wildman–Crippen LogP) is 3.33. The third-order valence-electron chi connectivity index (χ3n) is 7.07. The van der Waals surface area contributed by atoms with Crippen molar-refractivity contribution >= 4 is 21.8 Å². The van der Waals surface area contributed by atoms with Gasteiger partial charge in [-0.1, -0.05) is 42.5 Å². The van der Waals surface area contributed by atoms with Crippen molar-refractivity contribution in [1.29, 1.82) is 0 Å². The molecule has 4 rings (SSSR count). The molecule has 2 aromatic carbocycles. The largest absolute Gasteiger partial charge is 0.493 e. The Balaban J connectivity index is 1.49. The van der Waals surface area contributed by atoms with Crippen molar-refractivity contribution in [3.05, 3.63) is 77.1 Å². The van der Waals surface area contributed by atoms with Gasteiger partial charge in [-0.3, -0.25) is 19.2 Å². The standard InChI is InChI=1S/C30H39N5O5S/c1-3-35-23(2)28(19-32-35)41(38,39)33-29(36)15-13-24-12-14-27-26(18-24)21-34(20-25-10-6-4-7-11-25)22-30(37)31-16-8-5-9-17-40-27/h4,6-7,10-12,14,18-19H,3,5,8-9,13,15-17,20-22H2,1-2H3,(H,31,37)(H,33,36). The molecule has 2 heterocycles. The summed E-state index contributed by atoms with van der Waals surface area (Å²) in [6, 6.07) is 15.8. The molecule has 41 heavy (non-hydrogen) atoms. The van der Waals surface area contributed by atoms with Crippen LogP contribution in [-0.4, -0.2) is 54.6 Å². The van der Waals surface area contributed by atoms with Gasteiger partial charge in [0.05, 0.1) is 25.0 Å². The maximum absolute atomic E-state index is 12.8. The van der Waals surface area contributed by atoms with E-state index in [9.17, 15) is 18.0 Å². The summed E-state index contributed by atoms with van der Waals surface area (Å²) in [7, 11) is -4.01. The second-order valence-electron chi connectivity index (χ2n) is 10.3. The van der Waals surface area contributed by atoms with E-state index in [4.69, 9.17) is 4.74 Å². The average Bonchev–Trinajstić information content (AvgIpc) is 3.33. The predicted molar refractivity (Wildman–Crippen MR) is 156 cm³/mol. The van der Waals surface area contributed by atoms with Crippen molar-refractivity contribution in [1.82, 2.24) is 24.7 Å². The number of fused-ring (bicyclic) bond motifs is 1. The van der Waals surface area contributed by atoms with Crippen LogP contribution in [0.5, 0.6) is 5.75 Å². The minimum absolute atomic E-state index is 0.00277. The highest BCUT2D eigenvalue weighted by atomic mass is 32.2. The van der Waals surface area contributed by atoms with Crippen LogP contribution in [0.2, 0.25) is 0 Å². The first-order valence-electron chi connectivity index (χ1n) is 14.1. The molecule has 11 heteroatoms. The van der Waals surface area contributed by atoms with Gasteiger partial charge in [-0.2, -0.15) is 5.10 Å². The molecule has 1 aliphatic heterocycles. The summed E-state index contributed by atoms with van der Waals surface area (Å²) in [5.41, 5.74) is 3.38. The molecular formula is C30H39N5O5S. The van der Waals surface area contributed by atoms with Crippen molar-refractivity contribution < 1.29 is 22.7 Å². The second-order valence-corrected chi connectivity index (χ2v) is 11.9. The lowest BCUT2D eigenvalue weighted by molar-refractivity contribution is -0.122. The lowest BCUT2D eigenvalue weighted by Gasteiger charge is -2.24. The van der Waals surface area contributed by atoms with Gasteiger partial charge < -0.3 is 10.1 Å². The van der Waals surface area contributed by atoms with E-state index in [1.165, 1.54) is 6.20 Å². The van der Waals surface area contributed by atoms with Gasteiger partial charge in [0.2, 0.25) is 11.8 Å².